The van der Waals surface area contributed by atoms with Crippen LogP contribution in [0.3, 0.4) is 0 Å². The van der Waals surface area contributed by atoms with Gasteiger partial charge in [-0.3, -0.25) is 10.1 Å². The lowest BCUT2D eigenvalue weighted by atomic mass is 10.1. The van der Waals surface area contributed by atoms with E-state index < -0.39 is 4.92 Å². The van der Waals surface area contributed by atoms with Crippen molar-refractivity contribution in [3.05, 3.63) is 34.5 Å². The molecule has 0 spiro atoms. The molecular weight excluding hydrogens is 266 g/mol. The van der Waals surface area contributed by atoms with Crippen LogP contribution in [0.4, 0.5) is 11.4 Å². The highest BCUT2D eigenvalue weighted by Crippen LogP contribution is 2.29. The summed E-state index contributed by atoms with van der Waals surface area (Å²) in [4.78, 5) is 14.2. The Kier molecular flexibility index (Phi) is 2.60. The van der Waals surface area contributed by atoms with E-state index in [1.165, 1.54) is 24.4 Å². The number of hydrogen-bond donors (Lipinski definition) is 2. The minimum Gasteiger partial charge on any atom is -0.398 e. The zero-order chi connectivity index (χ0) is 14.1. The summed E-state index contributed by atoms with van der Waals surface area (Å²) >= 11 is 0. The number of anilines is 1. The largest absolute Gasteiger partial charge is 0.398 e. The van der Waals surface area contributed by atoms with Crippen LogP contribution in [0.15, 0.2) is 28.9 Å². The summed E-state index contributed by atoms with van der Waals surface area (Å²) in [5.41, 5.74) is 6.65. The molecule has 0 bridgehead atoms. The first-order valence-corrected chi connectivity index (χ1v) is 5.39. The maximum Gasteiger partial charge on any atom is 0.271 e. The fourth-order valence-electron chi connectivity index (χ4n) is 1.60. The van der Waals surface area contributed by atoms with E-state index in [1.54, 1.807) is 0 Å². The maximum absolute atomic E-state index is 10.6. The number of nitro groups is 1. The highest BCUT2D eigenvalue weighted by Gasteiger charge is 2.16. The Morgan fingerprint density at radius 1 is 1.40 bits per heavy atom. The average Bonchev–Trinajstić information content (AvgIpc) is 3.09. The van der Waals surface area contributed by atoms with Gasteiger partial charge in [-0.15, -0.1) is 0 Å². The van der Waals surface area contributed by atoms with Crippen LogP contribution in [0, 0.1) is 10.1 Å². The molecule has 0 fully saturated rings. The molecule has 0 amide bonds. The van der Waals surface area contributed by atoms with E-state index in [4.69, 9.17) is 10.3 Å². The second kappa shape index (κ2) is 4.42. The number of aromatic nitrogens is 5. The quantitative estimate of drug-likeness (QED) is 0.407. The molecule has 0 saturated heterocycles. The van der Waals surface area contributed by atoms with Crippen molar-refractivity contribution in [3.8, 4) is 23.0 Å². The molecule has 0 radical (unpaired) electrons. The average molecular weight is 273 g/mol. The van der Waals surface area contributed by atoms with Gasteiger partial charge < -0.3 is 10.3 Å². The summed E-state index contributed by atoms with van der Waals surface area (Å²) in [7, 11) is 0. The third-order valence-corrected chi connectivity index (χ3v) is 2.55. The number of aromatic amines is 1. The van der Waals surface area contributed by atoms with Crippen LogP contribution in [0.2, 0.25) is 0 Å². The number of non-ortho nitro benzene ring substituents is 1. The summed E-state index contributed by atoms with van der Waals surface area (Å²) < 4.78 is 5.06. The number of rotatable bonds is 3. The Labute approximate surface area is 110 Å². The second-order valence-corrected chi connectivity index (χ2v) is 3.81. The highest BCUT2D eigenvalue weighted by molar-refractivity contribution is 5.73. The molecule has 3 aromatic rings. The molecular formula is C10H7N7O3. The van der Waals surface area contributed by atoms with Crippen molar-refractivity contribution in [2.45, 2.75) is 0 Å². The van der Waals surface area contributed by atoms with E-state index >= 15 is 0 Å². The van der Waals surface area contributed by atoms with Gasteiger partial charge in [0, 0.05) is 12.1 Å². The number of nitro benzene ring substituents is 1. The molecule has 2 heterocycles. The number of nitrogen functional groups attached to an aromatic ring is 1. The van der Waals surface area contributed by atoms with E-state index in [2.05, 4.69) is 25.6 Å². The van der Waals surface area contributed by atoms with Gasteiger partial charge in [0.2, 0.25) is 5.82 Å². The van der Waals surface area contributed by atoms with Gasteiger partial charge in [0.05, 0.1) is 22.4 Å². The molecule has 3 rings (SSSR count). The smallest absolute Gasteiger partial charge is 0.271 e. The first-order valence-electron chi connectivity index (χ1n) is 5.39. The van der Waals surface area contributed by atoms with Crippen molar-refractivity contribution < 1.29 is 9.45 Å². The summed E-state index contributed by atoms with van der Waals surface area (Å²) in [5.74, 6) is 0.391. The van der Waals surface area contributed by atoms with Crippen molar-refractivity contribution in [3.63, 3.8) is 0 Å². The van der Waals surface area contributed by atoms with Gasteiger partial charge in [-0.1, -0.05) is 5.16 Å². The number of hydrogen-bond acceptors (Lipinski definition) is 8. The summed E-state index contributed by atoms with van der Waals surface area (Å²) in [6.07, 6.45) is 1.44. The number of benzene rings is 1. The fraction of sp³-hybridized carbons (Fsp3) is 0. The molecule has 3 N–H and O–H groups in total. The summed E-state index contributed by atoms with van der Waals surface area (Å²) in [5, 5.41) is 24.2. The van der Waals surface area contributed by atoms with Gasteiger partial charge in [0.25, 0.3) is 11.6 Å². The van der Waals surface area contributed by atoms with Crippen LogP contribution >= 0.6 is 0 Å². The van der Waals surface area contributed by atoms with Gasteiger partial charge in [-0.25, -0.2) is 0 Å². The normalized spacial score (nSPS) is 10.6. The predicted molar refractivity (Wildman–Crippen MR) is 66.2 cm³/mol. The van der Waals surface area contributed by atoms with Gasteiger partial charge in [0.15, 0.2) is 5.69 Å². The molecule has 0 unspecified atom stereocenters. The molecule has 2 aromatic heterocycles. The van der Waals surface area contributed by atoms with E-state index in [0.717, 1.165) is 0 Å². The summed E-state index contributed by atoms with van der Waals surface area (Å²) in [6.45, 7) is 0. The number of H-pyrrole nitrogens is 1. The summed E-state index contributed by atoms with van der Waals surface area (Å²) in [6, 6.07) is 3.99. The topological polar surface area (TPSA) is 150 Å². The minimum atomic E-state index is -0.533. The van der Waals surface area contributed by atoms with Crippen LogP contribution in [0.1, 0.15) is 0 Å². The molecule has 0 atom stereocenters. The SMILES string of the molecule is Nc1cc([N+](=O)[O-])ccc1-c1nc(-c2cn[nH]n2)no1. The fourth-order valence-corrected chi connectivity index (χ4v) is 1.60. The standard InChI is InChI=1S/C10H7N7O3/c11-7-3-5(17(18)19)1-2-6(7)10-13-9(15-20-10)8-4-12-16-14-8/h1-4H,11H2,(H,12,14,16). The lowest BCUT2D eigenvalue weighted by molar-refractivity contribution is -0.384. The number of nitrogens with two attached hydrogens (primary N) is 1. The monoisotopic (exact) mass is 273 g/mol. The zero-order valence-corrected chi connectivity index (χ0v) is 9.85. The molecule has 20 heavy (non-hydrogen) atoms. The Balaban J connectivity index is 1.99. The van der Waals surface area contributed by atoms with Crippen molar-refractivity contribution in [1.29, 1.82) is 0 Å². The van der Waals surface area contributed by atoms with Crippen LogP contribution in [-0.2, 0) is 0 Å². The number of nitrogens with zero attached hydrogens (tertiary/aromatic N) is 5. The zero-order valence-electron chi connectivity index (χ0n) is 9.85. The minimum absolute atomic E-state index is 0.109. The van der Waals surface area contributed by atoms with Gasteiger partial charge in [0.1, 0.15) is 0 Å². The third-order valence-electron chi connectivity index (χ3n) is 2.55. The molecule has 10 heteroatoms. The van der Waals surface area contributed by atoms with Gasteiger partial charge >= 0.3 is 0 Å². The maximum atomic E-state index is 10.6. The van der Waals surface area contributed by atoms with E-state index in [1.807, 2.05) is 0 Å². The van der Waals surface area contributed by atoms with E-state index in [9.17, 15) is 10.1 Å². The van der Waals surface area contributed by atoms with Gasteiger partial charge in [-0.2, -0.15) is 20.4 Å². The van der Waals surface area contributed by atoms with E-state index in [0.29, 0.717) is 11.3 Å². The highest BCUT2D eigenvalue weighted by atomic mass is 16.6. The molecule has 0 aliphatic rings. The van der Waals surface area contributed by atoms with Crippen molar-refractivity contribution >= 4 is 11.4 Å². The van der Waals surface area contributed by atoms with Crippen LogP contribution in [-0.4, -0.2) is 30.5 Å². The van der Waals surface area contributed by atoms with Crippen molar-refractivity contribution in [2.75, 3.05) is 5.73 Å². The molecule has 10 nitrogen and oxygen atoms in total. The second-order valence-electron chi connectivity index (χ2n) is 3.81. The van der Waals surface area contributed by atoms with Crippen LogP contribution < -0.4 is 5.73 Å². The molecule has 0 aliphatic carbocycles. The Morgan fingerprint density at radius 3 is 2.90 bits per heavy atom. The molecule has 0 saturated carbocycles. The molecule has 0 aliphatic heterocycles. The lowest BCUT2D eigenvalue weighted by Gasteiger charge is -1.99. The Bertz CT molecular complexity index is 765. The first-order chi connectivity index (χ1) is 9.65. The van der Waals surface area contributed by atoms with Crippen molar-refractivity contribution in [1.82, 2.24) is 25.6 Å². The van der Waals surface area contributed by atoms with E-state index in [-0.39, 0.29) is 23.1 Å². The lowest BCUT2D eigenvalue weighted by Crippen LogP contribution is -1.94. The first kappa shape index (κ1) is 11.8. The van der Waals surface area contributed by atoms with Crippen molar-refractivity contribution in [2.24, 2.45) is 0 Å². The van der Waals surface area contributed by atoms with Gasteiger partial charge in [-0.05, 0) is 6.07 Å². The Hall–Kier alpha value is -3.30. The number of nitrogens with one attached hydrogen (secondary N) is 1. The third kappa shape index (κ3) is 1.94. The predicted octanol–water partition coefficient (Wildman–Crippen LogP) is 1.01. The van der Waals surface area contributed by atoms with Crippen LogP contribution in [0.25, 0.3) is 23.0 Å². The Morgan fingerprint density at radius 2 is 2.25 bits per heavy atom. The molecule has 1 aromatic carbocycles. The van der Waals surface area contributed by atoms with Crippen LogP contribution in [0.5, 0.6) is 0 Å². The molecule has 100 valence electrons.